The van der Waals surface area contributed by atoms with Crippen LogP contribution < -0.4 is 5.32 Å². The first-order valence-corrected chi connectivity index (χ1v) is 6.66. The minimum absolute atomic E-state index is 0.0537. The van der Waals surface area contributed by atoms with Gasteiger partial charge in [0, 0.05) is 20.1 Å². The summed E-state index contributed by atoms with van der Waals surface area (Å²) in [5, 5.41) is 3.11. The standard InChI is InChI=1S/C15H22N2O3/c1-4-17(2)14(18)11-16-10-13-8-6-5-7-12(13)9-15(19)20-3/h5-8,16H,4,9-11H2,1-3H3. The third-order valence-electron chi connectivity index (χ3n) is 3.17. The zero-order chi connectivity index (χ0) is 15.0. The number of hydrogen-bond acceptors (Lipinski definition) is 4. The van der Waals surface area contributed by atoms with Crippen LogP contribution in [0.25, 0.3) is 0 Å². The molecule has 0 radical (unpaired) electrons. The van der Waals surface area contributed by atoms with E-state index in [1.54, 1.807) is 11.9 Å². The maximum Gasteiger partial charge on any atom is 0.309 e. The van der Waals surface area contributed by atoms with Gasteiger partial charge in [0.1, 0.15) is 0 Å². The van der Waals surface area contributed by atoms with Crippen LogP contribution in [0.4, 0.5) is 0 Å². The molecule has 1 N–H and O–H groups in total. The molecule has 0 fully saturated rings. The predicted octanol–water partition coefficient (Wildman–Crippen LogP) is 0.970. The second-order valence-electron chi connectivity index (χ2n) is 4.53. The molecule has 5 heteroatoms. The van der Waals surface area contributed by atoms with Crippen molar-refractivity contribution in [3.05, 3.63) is 35.4 Å². The Bertz CT molecular complexity index is 460. The van der Waals surface area contributed by atoms with Crippen molar-refractivity contribution in [3.63, 3.8) is 0 Å². The fourth-order valence-corrected chi connectivity index (χ4v) is 1.75. The lowest BCUT2D eigenvalue weighted by molar-refractivity contribution is -0.139. The third kappa shape index (κ3) is 5.01. The molecule has 1 amide bonds. The molecule has 1 aromatic carbocycles. The van der Waals surface area contributed by atoms with Gasteiger partial charge in [-0.1, -0.05) is 24.3 Å². The summed E-state index contributed by atoms with van der Waals surface area (Å²) in [4.78, 5) is 24.7. The number of ether oxygens (including phenoxy) is 1. The molecule has 0 unspecified atom stereocenters. The van der Waals surface area contributed by atoms with Gasteiger partial charge in [0.2, 0.25) is 5.91 Å². The number of nitrogens with zero attached hydrogens (tertiary/aromatic N) is 1. The molecule has 0 aromatic heterocycles. The molecule has 0 aliphatic rings. The fraction of sp³-hybridized carbons (Fsp3) is 0.467. The summed E-state index contributed by atoms with van der Waals surface area (Å²) in [5.74, 6) is -0.211. The van der Waals surface area contributed by atoms with Crippen molar-refractivity contribution in [2.45, 2.75) is 19.9 Å². The molecule has 0 aliphatic heterocycles. The number of hydrogen-bond donors (Lipinski definition) is 1. The van der Waals surface area contributed by atoms with Crippen LogP contribution in [-0.4, -0.2) is 44.0 Å². The van der Waals surface area contributed by atoms with Crippen LogP contribution in [0.2, 0.25) is 0 Å². The lowest BCUT2D eigenvalue weighted by Gasteiger charge is -2.15. The maximum absolute atomic E-state index is 11.7. The van der Waals surface area contributed by atoms with Crippen LogP contribution in [-0.2, 0) is 27.3 Å². The Labute approximate surface area is 119 Å². The van der Waals surface area contributed by atoms with E-state index in [0.29, 0.717) is 13.1 Å². The van der Waals surface area contributed by atoms with Crippen LogP contribution in [0.5, 0.6) is 0 Å². The van der Waals surface area contributed by atoms with E-state index < -0.39 is 0 Å². The zero-order valence-corrected chi connectivity index (χ0v) is 12.3. The quantitative estimate of drug-likeness (QED) is 0.755. The first kappa shape index (κ1) is 16.2. The highest BCUT2D eigenvalue weighted by Gasteiger charge is 2.09. The smallest absolute Gasteiger partial charge is 0.309 e. The summed E-state index contributed by atoms with van der Waals surface area (Å²) in [7, 11) is 3.15. The lowest BCUT2D eigenvalue weighted by atomic mass is 10.0. The van der Waals surface area contributed by atoms with Gasteiger partial charge in [-0.05, 0) is 18.1 Å². The molecule has 0 bridgehead atoms. The highest BCUT2D eigenvalue weighted by atomic mass is 16.5. The fourth-order valence-electron chi connectivity index (χ4n) is 1.75. The highest BCUT2D eigenvalue weighted by molar-refractivity contribution is 5.77. The van der Waals surface area contributed by atoms with Crippen LogP contribution in [0, 0.1) is 0 Å². The topological polar surface area (TPSA) is 58.6 Å². The van der Waals surface area contributed by atoms with E-state index in [2.05, 4.69) is 10.1 Å². The summed E-state index contributed by atoms with van der Waals surface area (Å²) < 4.78 is 4.68. The van der Waals surface area contributed by atoms with Crippen LogP contribution in [0.3, 0.4) is 0 Å². The zero-order valence-electron chi connectivity index (χ0n) is 12.3. The summed E-state index contributed by atoms with van der Waals surface area (Å²) in [6, 6.07) is 7.64. The summed E-state index contributed by atoms with van der Waals surface area (Å²) >= 11 is 0. The SMILES string of the molecule is CCN(C)C(=O)CNCc1ccccc1CC(=O)OC. The van der Waals surface area contributed by atoms with Crippen molar-refractivity contribution >= 4 is 11.9 Å². The summed E-state index contributed by atoms with van der Waals surface area (Å²) in [6.45, 7) is 3.47. The van der Waals surface area contributed by atoms with Crippen molar-refractivity contribution in [1.29, 1.82) is 0 Å². The second-order valence-corrected chi connectivity index (χ2v) is 4.53. The molecule has 1 aromatic rings. The molecule has 0 aliphatic carbocycles. The van der Waals surface area contributed by atoms with Crippen LogP contribution in [0.1, 0.15) is 18.1 Å². The molecule has 110 valence electrons. The van der Waals surface area contributed by atoms with Gasteiger partial charge in [0.05, 0.1) is 20.1 Å². The molecule has 5 nitrogen and oxygen atoms in total. The number of nitrogens with one attached hydrogen (secondary N) is 1. The number of benzene rings is 1. The second kappa shape index (κ2) is 8.32. The molecule has 0 spiro atoms. The summed E-state index contributed by atoms with van der Waals surface area (Å²) in [5.41, 5.74) is 1.92. The minimum Gasteiger partial charge on any atom is -0.469 e. The molecule has 1 rings (SSSR count). The Hall–Kier alpha value is -1.88. The number of methoxy groups -OCH3 is 1. The number of carbonyl (C=O) groups is 2. The third-order valence-corrected chi connectivity index (χ3v) is 3.17. The first-order valence-electron chi connectivity index (χ1n) is 6.66. The number of rotatable bonds is 7. The van der Waals surface area contributed by atoms with Gasteiger partial charge in [-0.15, -0.1) is 0 Å². The highest BCUT2D eigenvalue weighted by Crippen LogP contribution is 2.10. The Kier molecular flexibility index (Phi) is 6.73. The first-order chi connectivity index (χ1) is 9.58. The van der Waals surface area contributed by atoms with Crippen LogP contribution in [0.15, 0.2) is 24.3 Å². The van der Waals surface area contributed by atoms with E-state index in [9.17, 15) is 9.59 Å². The van der Waals surface area contributed by atoms with Gasteiger partial charge >= 0.3 is 5.97 Å². The van der Waals surface area contributed by atoms with Gasteiger partial charge < -0.3 is 15.0 Å². The maximum atomic E-state index is 11.7. The van der Waals surface area contributed by atoms with Gasteiger partial charge in [-0.2, -0.15) is 0 Å². The van der Waals surface area contributed by atoms with E-state index >= 15 is 0 Å². The molecular formula is C15H22N2O3. The Morgan fingerprint density at radius 2 is 1.90 bits per heavy atom. The van der Waals surface area contributed by atoms with Crippen molar-refractivity contribution in [3.8, 4) is 0 Å². The Balaban J connectivity index is 2.55. The van der Waals surface area contributed by atoms with Crippen LogP contribution >= 0.6 is 0 Å². The van der Waals surface area contributed by atoms with Gasteiger partial charge in [0.15, 0.2) is 0 Å². The summed E-state index contributed by atoms with van der Waals surface area (Å²) in [6.07, 6.45) is 0.247. The molecule has 0 heterocycles. The largest absolute Gasteiger partial charge is 0.469 e. The monoisotopic (exact) mass is 278 g/mol. The van der Waals surface area contributed by atoms with E-state index in [0.717, 1.165) is 11.1 Å². The normalized spacial score (nSPS) is 10.2. The number of carbonyl (C=O) groups excluding carboxylic acids is 2. The lowest BCUT2D eigenvalue weighted by Crippen LogP contribution is -2.35. The molecule has 20 heavy (non-hydrogen) atoms. The van der Waals surface area contributed by atoms with Crippen molar-refractivity contribution in [2.75, 3.05) is 27.2 Å². The van der Waals surface area contributed by atoms with E-state index in [1.807, 2.05) is 31.2 Å². The van der Waals surface area contributed by atoms with Gasteiger partial charge in [0.25, 0.3) is 0 Å². The van der Waals surface area contributed by atoms with Crippen molar-refractivity contribution in [1.82, 2.24) is 10.2 Å². The molecular weight excluding hydrogens is 256 g/mol. The Morgan fingerprint density at radius 3 is 2.50 bits per heavy atom. The molecule has 0 saturated carbocycles. The minimum atomic E-state index is -0.265. The average Bonchev–Trinajstić information content (AvgIpc) is 2.47. The Morgan fingerprint density at radius 1 is 1.25 bits per heavy atom. The van der Waals surface area contributed by atoms with Gasteiger partial charge in [-0.25, -0.2) is 0 Å². The van der Waals surface area contributed by atoms with Gasteiger partial charge in [-0.3, -0.25) is 9.59 Å². The van der Waals surface area contributed by atoms with E-state index in [-0.39, 0.29) is 24.8 Å². The van der Waals surface area contributed by atoms with Crippen molar-refractivity contribution in [2.24, 2.45) is 0 Å². The molecule has 0 saturated heterocycles. The number of esters is 1. The van der Waals surface area contributed by atoms with E-state index in [1.165, 1.54) is 7.11 Å². The van der Waals surface area contributed by atoms with E-state index in [4.69, 9.17) is 0 Å². The number of amides is 1. The van der Waals surface area contributed by atoms with Crippen molar-refractivity contribution < 1.29 is 14.3 Å². The predicted molar refractivity (Wildman–Crippen MR) is 77.2 cm³/mol. The number of likely N-dealkylation sites (N-methyl/N-ethyl adjacent to an activating group) is 1. The molecule has 0 atom stereocenters. The average molecular weight is 278 g/mol.